The molecule has 0 radical (unpaired) electrons. The number of thioether (sulfide) groups is 1. The number of hydrogen-bond donors (Lipinski definition) is 2. The Morgan fingerprint density at radius 2 is 1.82 bits per heavy atom. The van der Waals surface area contributed by atoms with Crippen LogP contribution in [0.15, 0.2) is 58.4 Å². The number of phenolic OH excluding ortho intramolecular Hbond substituents is 1. The Bertz CT molecular complexity index is 1270. The zero-order chi connectivity index (χ0) is 22.7. The maximum absolute atomic E-state index is 13.7. The van der Waals surface area contributed by atoms with Crippen molar-refractivity contribution < 1.29 is 14.3 Å². The normalized spacial score (nSPS) is 27.2. The van der Waals surface area contributed by atoms with E-state index in [0.717, 1.165) is 15.5 Å². The minimum Gasteiger partial charge on any atom is -0.508 e. The molecular weight excluding hydrogens is 459 g/mol. The monoisotopic (exact) mass is 482 g/mol. The van der Waals surface area contributed by atoms with Crippen molar-refractivity contribution >= 4 is 34.7 Å². The summed E-state index contributed by atoms with van der Waals surface area (Å²) in [4.78, 5) is 26.7. The van der Waals surface area contributed by atoms with Gasteiger partial charge in [0, 0.05) is 21.7 Å². The van der Waals surface area contributed by atoms with Crippen molar-refractivity contribution in [1.82, 2.24) is 4.57 Å². The van der Waals surface area contributed by atoms with Crippen LogP contribution in [0.4, 0.5) is 10.1 Å². The molecule has 2 aromatic carbocycles. The maximum Gasteiger partial charge on any atom is 0.308 e. The predicted octanol–water partition coefficient (Wildman–Crippen LogP) is 5.05. The third-order valence-corrected chi connectivity index (χ3v) is 10.2. The Morgan fingerprint density at radius 1 is 1.09 bits per heavy atom. The highest BCUT2D eigenvalue weighted by Gasteiger charge is 2.55. The minimum absolute atomic E-state index is 0.0554. The van der Waals surface area contributed by atoms with Crippen LogP contribution in [0.2, 0.25) is 0 Å². The van der Waals surface area contributed by atoms with Gasteiger partial charge in [0.2, 0.25) is 5.91 Å². The summed E-state index contributed by atoms with van der Waals surface area (Å²) in [5, 5.41) is 13.6. The van der Waals surface area contributed by atoms with Gasteiger partial charge >= 0.3 is 4.87 Å². The van der Waals surface area contributed by atoms with Gasteiger partial charge in [0.25, 0.3) is 0 Å². The zero-order valence-corrected chi connectivity index (χ0v) is 19.4. The molecule has 0 saturated heterocycles. The van der Waals surface area contributed by atoms with Crippen molar-refractivity contribution in [1.29, 1.82) is 0 Å². The first-order chi connectivity index (χ1) is 16.0. The summed E-state index contributed by atoms with van der Waals surface area (Å²) in [6, 6.07) is 13.0. The number of amides is 1. The number of rotatable bonds is 4. The molecule has 5 atom stereocenters. The molecule has 4 unspecified atom stereocenters. The number of carbonyl (C=O) groups excluding carboxylic acids is 1. The van der Waals surface area contributed by atoms with E-state index < -0.39 is 0 Å². The highest BCUT2D eigenvalue weighted by molar-refractivity contribution is 8.00. The average Bonchev–Trinajstić information content (AvgIpc) is 3.49. The molecule has 2 N–H and O–H groups in total. The fraction of sp³-hybridized carbons (Fsp3) is 0.360. The molecule has 1 aromatic heterocycles. The third kappa shape index (κ3) is 3.60. The van der Waals surface area contributed by atoms with Crippen LogP contribution < -0.4 is 10.2 Å². The summed E-state index contributed by atoms with van der Waals surface area (Å²) < 4.78 is 15.3. The van der Waals surface area contributed by atoms with Crippen LogP contribution in [0.25, 0.3) is 0 Å². The van der Waals surface area contributed by atoms with Crippen LogP contribution >= 0.6 is 23.1 Å². The fourth-order valence-corrected chi connectivity index (χ4v) is 9.17. The van der Waals surface area contributed by atoms with Crippen molar-refractivity contribution in [3.63, 3.8) is 0 Å². The van der Waals surface area contributed by atoms with E-state index in [4.69, 9.17) is 0 Å². The number of nitrogens with one attached hydrogen (secondary N) is 1. The zero-order valence-electron chi connectivity index (χ0n) is 17.7. The van der Waals surface area contributed by atoms with Crippen LogP contribution in [0.3, 0.4) is 0 Å². The molecule has 0 spiro atoms. The van der Waals surface area contributed by atoms with E-state index in [1.807, 2.05) is 12.1 Å². The summed E-state index contributed by atoms with van der Waals surface area (Å²) >= 11 is 3.01. The lowest BCUT2D eigenvalue weighted by Gasteiger charge is -2.40. The topological polar surface area (TPSA) is 71.3 Å². The number of anilines is 1. The van der Waals surface area contributed by atoms with Gasteiger partial charge in [-0.25, -0.2) is 4.39 Å². The Labute approximate surface area is 198 Å². The molecule has 1 amide bonds. The van der Waals surface area contributed by atoms with Crippen LogP contribution in [-0.2, 0) is 11.3 Å². The number of nitrogens with zero attached hydrogens (tertiary/aromatic N) is 1. The molecular formula is C25H23FN2O3S2. The molecule has 2 heterocycles. The van der Waals surface area contributed by atoms with Crippen molar-refractivity contribution in [3.05, 3.63) is 74.5 Å². The first kappa shape index (κ1) is 21.0. The van der Waals surface area contributed by atoms with Crippen molar-refractivity contribution in [2.75, 3.05) is 5.32 Å². The summed E-state index contributed by atoms with van der Waals surface area (Å²) in [6.45, 7) is -0.0554. The molecule has 33 heavy (non-hydrogen) atoms. The standard InChI is InChI=1S/C25H23FN2O3S2/c26-16-5-3-13(4-6-16)20-21-14-1-2-15(11-14)22(21)32-24-23(20)33-25(31)28(24)12-19(30)27-17-7-9-18(29)10-8-17/h3-10,14-15,20-22,29H,1-2,11-12H2,(H,27,30)/t14?,15?,20-,21?,22?/m1/s1. The SMILES string of the molecule is O=C(Cn1c2c(sc1=O)[C@H](c1ccc(F)cc1)C1C3CCC(C3)C1S2)Nc1ccc(O)cc1. The molecule has 2 fully saturated rings. The van der Waals surface area contributed by atoms with Crippen molar-refractivity contribution in [2.24, 2.45) is 17.8 Å². The van der Waals surface area contributed by atoms with Crippen molar-refractivity contribution in [3.8, 4) is 5.75 Å². The molecule has 6 rings (SSSR count). The van der Waals surface area contributed by atoms with Gasteiger partial charge < -0.3 is 10.4 Å². The van der Waals surface area contributed by atoms with Gasteiger partial charge in [-0.2, -0.15) is 0 Å². The lowest BCUT2D eigenvalue weighted by atomic mass is 9.75. The molecule has 2 saturated carbocycles. The van der Waals surface area contributed by atoms with Crippen molar-refractivity contribution in [2.45, 2.75) is 42.0 Å². The van der Waals surface area contributed by atoms with Gasteiger partial charge in [-0.1, -0.05) is 23.5 Å². The smallest absolute Gasteiger partial charge is 0.308 e. The van der Waals surface area contributed by atoms with Gasteiger partial charge in [0.1, 0.15) is 18.1 Å². The van der Waals surface area contributed by atoms with Gasteiger partial charge in [-0.05, 0) is 79.0 Å². The molecule has 2 aliphatic carbocycles. The van der Waals surface area contributed by atoms with Crippen LogP contribution in [0.1, 0.15) is 35.6 Å². The van der Waals surface area contributed by atoms with E-state index in [9.17, 15) is 19.1 Å². The predicted molar refractivity (Wildman–Crippen MR) is 128 cm³/mol. The summed E-state index contributed by atoms with van der Waals surface area (Å²) in [7, 11) is 0. The lowest BCUT2D eigenvalue weighted by molar-refractivity contribution is -0.116. The number of aromatic hydroxyl groups is 1. The Kier molecular flexibility index (Phi) is 5.10. The Hall–Kier alpha value is -2.58. The van der Waals surface area contributed by atoms with Gasteiger partial charge in [-0.3, -0.25) is 14.2 Å². The lowest BCUT2D eigenvalue weighted by Crippen LogP contribution is -2.34. The van der Waals surface area contributed by atoms with E-state index in [-0.39, 0.29) is 34.8 Å². The van der Waals surface area contributed by atoms with E-state index >= 15 is 0 Å². The third-order valence-electron chi connectivity index (χ3n) is 7.37. The van der Waals surface area contributed by atoms with Crippen LogP contribution in [0, 0.1) is 23.6 Å². The molecule has 170 valence electrons. The molecule has 5 nitrogen and oxygen atoms in total. The second-order valence-corrected chi connectivity index (χ2v) is 11.4. The second-order valence-electron chi connectivity index (χ2n) is 9.24. The first-order valence-electron chi connectivity index (χ1n) is 11.2. The maximum atomic E-state index is 13.7. The number of aromatic nitrogens is 1. The van der Waals surface area contributed by atoms with Crippen LogP contribution in [-0.4, -0.2) is 20.8 Å². The number of hydrogen-bond acceptors (Lipinski definition) is 5. The summed E-state index contributed by atoms with van der Waals surface area (Å²) in [5.74, 6) is 1.38. The van der Waals surface area contributed by atoms with E-state index in [1.165, 1.54) is 54.9 Å². The average molecular weight is 483 g/mol. The van der Waals surface area contributed by atoms with Crippen LogP contribution in [0.5, 0.6) is 5.75 Å². The van der Waals surface area contributed by atoms with Gasteiger partial charge in [0.05, 0.1) is 5.03 Å². The fourth-order valence-electron chi connectivity index (χ4n) is 6.02. The molecule has 1 aliphatic heterocycles. The number of thiazole rings is 1. The number of phenols is 1. The highest BCUT2D eigenvalue weighted by atomic mass is 32.2. The first-order valence-corrected chi connectivity index (χ1v) is 12.9. The minimum atomic E-state index is -0.280. The van der Waals surface area contributed by atoms with Gasteiger partial charge in [-0.15, -0.1) is 11.8 Å². The molecule has 3 aromatic rings. The largest absolute Gasteiger partial charge is 0.508 e. The highest BCUT2D eigenvalue weighted by Crippen LogP contribution is 2.64. The number of benzene rings is 2. The Morgan fingerprint density at radius 3 is 2.58 bits per heavy atom. The summed E-state index contributed by atoms with van der Waals surface area (Å²) in [5.41, 5.74) is 1.63. The molecule has 8 heteroatoms. The quantitative estimate of drug-likeness (QED) is 0.511. The molecule has 2 bridgehead atoms. The second kappa shape index (κ2) is 8.02. The van der Waals surface area contributed by atoms with E-state index in [2.05, 4.69) is 5.32 Å². The van der Waals surface area contributed by atoms with Gasteiger partial charge in [0.15, 0.2) is 0 Å². The van der Waals surface area contributed by atoms with E-state index in [1.54, 1.807) is 28.5 Å². The van der Waals surface area contributed by atoms with E-state index in [0.29, 0.717) is 28.7 Å². The number of halogens is 1. The molecule has 3 aliphatic rings. The number of fused-ring (bicyclic) bond motifs is 6. The number of carbonyl (C=O) groups is 1. The Balaban J connectivity index is 1.36. The summed E-state index contributed by atoms with van der Waals surface area (Å²) in [6.07, 6.45) is 3.67.